The fourth-order valence-electron chi connectivity index (χ4n) is 4.70. The summed E-state index contributed by atoms with van der Waals surface area (Å²) in [6, 6.07) is 10.4. The molecule has 2 aromatic carbocycles. The molecule has 0 N–H and O–H groups in total. The molecule has 0 aliphatic carbocycles. The summed E-state index contributed by atoms with van der Waals surface area (Å²) in [6.45, 7) is 9.78. The molecular weight excluding hydrogens is 380 g/mol. The fourth-order valence-corrected chi connectivity index (χ4v) is 4.70. The topological polar surface area (TPSA) is 26.6 Å². The first-order valence-corrected chi connectivity index (χ1v) is 10.9. The summed E-state index contributed by atoms with van der Waals surface area (Å²) in [5, 5.41) is 0. The summed E-state index contributed by atoms with van der Waals surface area (Å²) in [7, 11) is 2.05. The van der Waals surface area contributed by atoms with Crippen LogP contribution in [0.2, 0.25) is 0 Å². The van der Waals surface area contributed by atoms with Crippen LogP contribution in [0.15, 0.2) is 48.8 Å². The molecule has 0 atom stereocenters. The second kappa shape index (κ2) is 7.23. The molecule has 2 aromatic heterocycles. The Morgan fingerprint density at radius 2 is 1.81 bits per heavy atom. The van der Waals surface area contributed by atoms with Gasteiger partial charge in [-0.05, 0) is 36.4 Å². The molecule has 0 unspecified atom stereocenters. The van der Waals surface area contributed by atoms with Crippen molar-refractivity contribution >= 4 is 17.2 Å². The van der Waals surface area contributed by atoms with Crippen LogP contribution < -0.4 is 4.57 Å². The monoisotopic (exact) mass is 413 g/mol. The normalized spacial score (nSPS) is 14.8. The van der Waals surface area contributed by atoms with Crippen LogP contribution in [0.3, 0.4) is 0 Å². The van der Waals surface area contributed by atoms with Crippen LogP contribution in [-0.2, 0) is 13.5 Å². The number of fused-ring (bicyclic) bond motifs is 3. The van der Waals surface area contributed by atoms with Crippen LogP contribution in [-0.4, -0.2) is 14.1 Å². The highest BCUT2D eigenvalue weighted by Gasteiger charge is 2.27. The highest BCUT2D eigenvalue weighted by atomic mass is 15.1. The van der Waals surface area contributed by atoms with Crippen molar-refractivity contribution in [2.45, 2.75) is 52.8 Å². The zero-order valence-electron chi connectivity index (χ0n) is 21.2. The number of benzene rings is 2. The molecule has 5 rings (SSSR count). The number of aryl methyl sites for hydroxylation is 2. The molecule has 0 amide bonds. The maximum Gasteiger partial charge on any atom is 0.294 e. The lowest BCUT2D eigenvalue weighted by Gasteiger charge is -2.18. The van der Waals surface area contributed by atoms with Gasteiger partial charge in [0.25, 0.3) is 5.82 Å². The first kappa shape index (κ1) is 17.5. The second-order valence-electron chi connectivity index (χ2n) is 8.95. The van der Waals surface area contributed by atoms with Gasteiger partial charge in [-0.3, -0.25) is 0 Å². The van der Waals surface area contributed by atoms with Crippen molar-refractivity contribution < 1.29 is 7.31 Å². The van der Waals surface area contributed by atoms with E-state index >= 15 is 0 Å². The van der Waals surface area contributed by atoms with Crippen LogP contribution in [0.5, 0.6) is 0 Å². The predicted molar refractivity (Wildman–Crippen MR) is 128 cm³/mol. The van der Waals surface area contributed by atoms with E-state index < -0.39 is 11.8 Å². The van der Waals surface area contributed by atoms with Gasteiger partial charge in [-0.1, -0.05) is 52.0 Å². The molecule has 0 radical (unpaired) electrons. The predicted octanol–water partition coefficient (Wildman–Crippen LogP) is 5.90. The first-order chi connectivity index (χ1) is 15.5. The van der Waals surface area contributed by atoms with Crippen LogP contribution in [0.1, 0.15) is 64.7 Å². The number of hydrogen-bond acceptors (Lipinski definition) is 1. The van der Waals surface area contributed by atoms with Gasteiger partial charge >= 0.3 is 0 Å². The van der Waals surface area contributed by atoms with Crippen molar-refractivity contribution in [3.05, 3.63) is 71.3 Å². The van der Waals surface area contributed by atoms with Crippen LogP contribution >= 0.6 is 0 Å². The van der Waals surface area contributed by atoms with Gasteiger partial charge in [0.05, 0.1) is 23.6 Å². The van der Waals surface area contributed by atoms with Gasteiger partial charge in [0, 0.05) is 26.5 Å². The highest BCUT2D eigenvalue weighted by molar-refractivity contribution is 5.85. The number of rotatable bonds is 4. The molecule has 3 heterocycles. The van der Waals surface area contributed by atoms with Crippen molar-refractivity contribution in [3.8, 4) is 17.1 Å². The minimum atomic E-state index is -0.813. The van der Waals surface area contributed by atoms with Crippen LogP contribution in [0, 0.1) is 6.92 Å². The Kier molecular flexibility index (Phi) is 4.09. The van der Waals surface area contributed by atoms with Gasteiger partial charge in [-0.2, -0.15) is 4.57 Å². The minimum Gasteiger partial charge on any atom is -0.303 e. The number of nitrogens with zero attached hydrogens (tertiary/aromatic N) is 4. The third-order valence-corrected chi connectivity index (χ3v) is 6.26. The molecule has 1 aliphatic heterocycles. The summed E-state index contributed by atoms with van der Waals surface area (Å²) in [5.41, 5.74) is 7.10. The average molecular weight is 414 g/mol. The Morgan fingerprint density at radius 3 is 2.48 bits per heavy atom. The SMILES string of the molecule is [2H]C(C)(C)c1cccc(C([2H])(C)C)c1-n1cc[n+](C)c1-c1cc2nc3n(c2cc1C)C=CC3. The highest BCUT2D eigenvalue weighted by Crippen LogP contribution is 2.35. The Morgan fingerprint density at radius 1 is 1.10 bits per heavy atom. The van der Waals surface area contributed by atoms with Crippen LogP contribution in [0.25, 0.3) is 34.3 Å². The van der Waals surface area contributed by atoms with E-state index in [9.17, 15) is 0 Å². The Hall–Kier alpha value is -3.14. The van der Waals surface area contributed by atoms with Gasteiger partial charge < -0.3 is 4.57 Å². The third-order valence-electron chi connectivity index (χ3n) is 6.26. The van der Waals surface area contributed by atoms with E-state index in [0.29, 0.717) is 0 Å². The van der Waals surface area contributed by atoms with Crippen molar-refractivity contribution in [3.63, 3.8) is 0 Å². The van der Waals surface area contributed by atoms with Gasteiger partial charge in [-0.25, -0.2) is 9.55 Å². The summed E-state index contributed by atoms with van der Waals surface area (Å²) in [4.78, 5) is 4.87. The number of aromatic nitrogens is 4. The number of imidazole rings is 2. The smallest absolute Gasteiger partial charge is 0.294 e. The molecule has 1 aliphatic rings. The Bertz CT molecular complexity index is 1390. The summed E-state index contributed by atoms with van der Waals surface area (Å²) in [5.74, 6) is 0.459. The number of para-hydroxylation sites is 1. The van der Waals surface area contributed by atoms with E-state index in [1.54, 1.807) is 0 Å². The lowest BCUT2D eigenvalue weighted by molar-refractivity contribution is -0.659. The molecule has 0 fully saturated rings. The molecule has 158 valence electrons. The molecule has 0 bridgehead atoms. The maximum absolute atomic E-state index is 8.85. The lowest BCUT2D eigenvalue weighted by Crippen LogP contribution is -2.29. The molecule has 4 nitrogen and oxygen atoms in total. The summed E-state index contributed by atoms with van der Waals surface area (Å²) < 4.78 is 24.1. The standard InChI is InChI=1S/C27H31N4/c1-17(2)20-9-7-10-21(18(3)4)26(20)31-14-13-29(6)27(31)22-16-23-24(15-19(22)5)30-12-8-11-25(30)28-23/h7-10,12-18H,11H2,1-6H3/q+1/i17D,18D. The van der Waals surface area contributed by atoms with E-state index in [4.69, 9.17) is 7.73 Å². The largest absolute Gasteiger partial charge is 0.303 e. The molecule has 31 heavy (non-hydrogen) atoms. The molecule has 0 spiro atoms. The average Bonchev–Trinajstić information content (AvgIpc) is 3.40. The van der Waals surface area contributed by atoms with Gasteiger partial charge in [0.2, 0.25) is 0 Å². The van der Waals surface area contributed by atoms with E-state index in [1.165, 1.54) is 0 Å². The zero-order valence-corrected chi connectivity index (χ0v) is 19.2. The Labute approximate surface area is 187 Å². The molecule has 0 saturated carbocycles. The molecule has 4 aromatic rings. The van der Waals surface area contributed by atoms with Crippen molar-refractivity contribution in [1.82, 2.24) is 14.1 Å². The second-order valence-corrected chi connectivity index (χ2v) is 8.95. The molecule has 4 heteroatoms. The number of allylic oxidation sites excluding steroid dienone is 1. The molecule has 0 saturated heterocycles. The van der Waals surface area contributed by atoms with E-state index in [-0.39, 0.29) is 0 Å². The maximum atomic E-state index is 8.85. The summed E-state index contributed by atoms with van der Waals surface area (Å²) >= 11 is 0. The van der Waals surface area contributed by atoms with Gasteiger partial charge in [0.1, 0.15) is 23.9 Å². The van der Waals surface area contributed by atoms with Gasteiger partial charge in [0.15, 0.2) is 0 Å². The van der Waals surface area contributed by atoms with Crippen molar-refractivity contribution in [2.75, 3.05) is 0 Å². The van der Waals surface area contributed by atoms with Crippen LogP contribution in [0.4, 0.5) is 0 Å². The van der Waals surface area contributed by atoms with E-state index in [1.807, 2.05) is 59.1 Å². The first-order valence-electron chi connectivity index (χ1n) is 11.9. The summed E-state index contributed by atoms with van der Waals surface area (Å²) in [6.07, 6.45) is 9.20. The van der Waals surface area contributed by atoms with Gasteiger partial charge in [-0.15, -0.1) is 0 Å². The Balaban J connectivity index is 1.81. The third kappa shape index (κ3) is 3.04. The quantitative estimate of drug-likeness (QED) is 0.383. The number of hydrogen-bond donors (Lipinski definition) is 0. The minimum absolute atomic E-state index is 0.813. The lowest BCUT2D eigenvalue weighted by atomic mass is 9.92. The van der Waals surface area contributed by atoms with E-state index in [2.05, 4.69) is 51.2 Å². The van der Waals surface area contributed by atoms with Crippen molar-refractivity contribution in [1.29, 1.82) is 0 Å². The van der Waals surface area contributed by atoms with Crippen molar-refractivity contribution in [2.24, 2.45) is 7.05 Å². The zero-order chi connectivity index (χ0) is 23.7. The molecular formula is C27H31N4+. The fraction of sp³-hybridized carbons (Fsp3) is 0.333. The van der Waals surface area contributed by atoms with E-state index in [0.717, 1.165) is 57.0 Å².